The molecule has 1 saturated heterocycles. The third-order valence-corrected chi connectivity index (χ3v) is 16.7. The molecule has 3 saturated carbocycles. The van der Waals surface area contributed by atoms with Gasteiger partial charge in [-0.15, -0.1) is 0 Å². The number of alkyl halides is 2. The Kier molecular flexibility index (Phi) is 19.6. The van der Waals surface area contributed by atoms with E-state index in [1.807, 2.05) is 61.7 Å². The van der Waals surface area contributed by atoms with Crippen LogP contribution >= 0.6 is 23.5 Å². The molecule has 0 radical (unpaired) electrons. The number of aliphatic hydroxyl groups is 2. The number of allylic oxidation sites excluding steroid dienone is 4. The maximum Gasteiger partial charge on any atom is 0.373 e. The number of hydrogen-bond donors (Lipinski definition) is 2. The Bertz CT molecular complexity index is 2250. The maximum atomic E-state index is 17.7. The summed E-state index contributed by atoms with van der Waals surface area (Å²) >= 11 is 3.07. The van der Waals surface area contributed by atoms with Gasteiger partial charge in [-0.05, 0) is 99.3 Å². The molecule has 18 heteroatoms. The smallest absolute Gasteiger partial charge is 0.373 e. The third kappa shape index (κ3) is 11.7. The Morgan fingerprint density at radius 3 is 2.19 bits per heavy atom. The molecular weight excluding hydrogens is 951 g/mol. The molecule has 382 valence electrons. The van der Waals surface area contributed by atoms with E-state index in [9.17, 15) is 29.4 Å². The van der Waals surface area contributed by atoms with E-state index in [0.29, 0.717) is 71.3 Å². The quantitative estimate of drug-likeness (QED) is 0.101. The van der Waals surface area contributed by atoms with Crippen molar-refractivity contribution in [1.29, 1.82) is 0 Å². The van der Waals surface area contributed by atoms with Crippen molar-refractivity contribution in [2.24, 2.45) is 22.7 Å². The first-order valence-corrected chi connectivity index (χ1v) is 25.8. The van der Waals surface area contributed by atoms with Crippen molar-refractivity contribution in [3.63, 3.8) is 0 Å². The first kappa shape index (κ1) is 55.5. The molecule has 14 nitrogen and oxygen atoms in total. The maximum absolute atomic E-state index is 17.7. The first-order chi connectivity index (χ1) is 33.5. The van der Waals surface area contributed by atoms with Crippen LogP contribution in [0.5, 0.6) is 0 Å². The fourth-order valence-electron chi connectivity index (χ4n) is 11.2. The Hall–Kier alpha value is -3.78. The molecule has 0 spiro atoms. The number of Topliss-reactive ketones (excluding diaryl/α,β-unsaturated/α-hetero) is 3. The molecule has 0 amide bonds. The van der Waals surface area contributed by atoms with Crippen LogP contribution in [0.4, 0.5) is 8.78 Å². The number of hydrogen-bond acceptors (Lipinski definition) is 16. The van der Waals surface area contributed by atoms with Gasteiger partial charge in [-0.25, -0.2) is 8.78 Å². The number of ketones is 4. The Balaban J connectivity index is 0.00000261. The van der Waals surface area contributed by atoms with Crippen LogP contribution in [0.3, 0.4) is 0 Å². The minimum atomic E-state index is -2.33. The summed E-state index contributed by atoms with van der Waals surface area (Å²) in [7, 11) is 0. The van der Waals surface area contributed by atoms with Crippen molar-refractivity contribution < 1.29 is 76.2 Å². The van der Waals surface area contributed by atoms with Gasteiger partial charge in [-0.1, -0.05) is 49.0 Å². The van der Waals surface area contributed by atoms with Gasteiger partial charge in [0.2, 0.25) is 0 Å². The third-order valence-electron chi connectivity index (χ3n) is 14.8. The molecule has 1 heterocycles. The number of rotatable bonds is 25. The lowest BCUT2D eigenvalue weighted by atomic mass is 9.44. The molecule has 2 aromatic rings. The highest BCUT2D eigenvalue weighted by molar-refractivity contribution is 8.00. The van der Waals surface area contributed by atoms with Crippen LogP contribution < -0.4 is 0 Å². The van der Waals surface area contributed by atoms with E-state index in [2.05, 4.69) is 0 Å². The van der Waals surface area contributed by atoms with Crippen molar-refractivity contribution in [1.82, 2.24) is 0 Å². The summed E-state index contributed by atoms with van der Waals surface area (Å²) in [5.74, 6) is -2.43. The molecule has 1 unspecified atom stereocenters. The van der Waals surface area contributed by atoms with Gasteiger partial charge < -0.3 is 38.6 Å². The Morgan fingerprint density at radius 1 is 0.900 bits per heavy atom. The van der Waals surface area contributed by atoms with Gasteiger partial charge in [-0.3, -0.25) is 19.2 Å². The molecule has 4 fully saturated rings. The number of benzene rings is 2. The van der Waals surface area contributed by atoms with E-state index in [1.165, 1.54) is 30.8 Å². The SMILES string of the molecule is CSC(C)C(=O)CCCOCCOCCOCCOCCC(=O)Cc1cccc(Sc2ccc([C@@H]3O[C@@H]4C[C@H]5[C@@H]6C[C@H](F)C7=CC(=O)C=C[C@]7(C)[C@@]6(F)[C@@H](O)C[C@]5(C)[C@]4(C(=O)CO)O3)cc2)c1.O=C=O. The van der Waals surface area contributed by atoms with Crippen LogP contribution in [-0.4, -0.2) is 140 Å². The van der Waals surface area contributed by atoms with Crippen LogP contribution in [0.1, 0.15) is 76.7 Å². The predicted molar refractivity (Wildman–Crippen MR) is 253 cm³/mol. The van der Waals surface area contributed by atoms with Gasteiger partial charge >= 0.3 is 6.15 Å². The lowest BCUT2D eigenvalue weighted by molar-refractivity contribution is -0.235. The summed E-state index contributed by atoms with van der Waals surface area (Å²) < 4.78 is 69.0. The lowest BCUT2D eigenvalue weighted by Crippen LogP contribution is -2.70. The molecule has 2 aromatic carbocycles. The average molecular weight is 1020 g/mol. The van der Waals surface area contributed by atoms with Crippen LogP contribution in [0.25, 0.3) is 0 Å². The molecule has 0 bridgehead atoms. The van der Waals surface area contributed by atoms with E-state index in [0.717, 1.165) is 21.4 Å². The number of thioether (sulfide) groups is 1. The average Bonchev–Trinajstić information content (AvgIpc) is 3.84. The van der Waals surface area contributed by atoms with Gasteiger partial charge in [-0.2, -0.15) is 21.4 Å². The largest absolute Gasteiger partial charge is 0.390 e. The van der Waals surface area contributed by atoms with Crippen molar-refractivity contribution in [2.75, 3.05) is 65.7 Å². The number of aliphatic hydroxyl groups excluding tert-OH is 2. The summed E-state index contributed by atoms with van der Waals surface area (Å²) in [4.78, 5) is 68.9. The van der Waals surface area contributed by atoms with E-state index >= 15 is 8.78 Å². The zero-order valence-corrected chi connectivity index (χ0v) is 41.7. The van der Waals surface area contributed by atoms with Gasteiger partial charge in [0, 0.05) is 58.0 Å². The summed E-state index contributed by atoms with van der Waals surface area (Å²) in [6.45, 7) is 7.71. The minimum Gasteiger partial charge on any atom is -0.390 e. The summed E-state index contributed by atoms with van der Waals surface area (Å²) in [5.41, 5.74) is -5.31. The number of fused-ring (bicyclic) bond motifs is 7. The van der Waals surface area contributed by atoms with E-state index in [1.54, 1.807) is 18.7 Å². The van der Waals surface area contributed by atoms with Crippen LogP contribution in [0, 0.1) is 22.7 Å². The minimum absolute atomic E-state index is 0.0193. The second-order valence-electron chi connectivity index (χ2n) is 18.8. The molecule has 0 aromatic heterocycles. The molecule has 4 aliphatic carbocycles. The first-order valence-electron chi connectivity index (χ1n) is 23.7. The molecule has 2 N–H and O–H groups in total. The molecule has 70 heavy (non-hydrogen) atoms. The van der Waals surface area contributed by atoms with Crippen LogP contribution in [0.15, 0.2) is 82.1 Å². The monoisotopic (exact) mass is 1010 g/mol. The summed E-state index contributed by atoms with van der Waals surface area (Å²) in [5, 5.41) is 22.1. The lowest BCUT2D eigenvalue weighted by Gasteiger charge is -2.63. The molecular formula is C52H64F2O14S2. The zero-order valence-electron chi connectivity index (χ0n) is 40.1. The highest BCUT2D eigenvalue weighted by atomic mass is 32.2. The Morgan fingerprint density at radius 2 is 1.54 bits per heavy atom. The predicted octanol–water partition coefficient (Wildman–Crippen LogP) is 6.57. The van der Waals surface area contributed by atoms with Crippen molar-refractivity contribution in [3.05, 3.63) is 83.5 Å². The second-order valence-corrected chi connectivity index (χ2v) is 21.1. The van der Waals surface area contributed by atoms with Gasteiger partial charge in [0.05, 0.1) is 63.7 Å². The molecule has 5 aliphatic rings. The molecule has 1 aliphatic heterocycles. The van der Waals surface area contributed by atoms with Gasteiger partial charge in [0.25, 0.3) is 0 Å². The van der Waals surface area contributed by atoms with Crippen LogP contribution in [-0.2, 0) is 63.6 Å². The molecule has 11 atom stereocenters. The highest BCUT2D eigenvalue weighted by Crippen LogP contribution is 2.72. The van der Waals surface area contributed by atoms with Crippen LogP contribution in [0.2, 0.25) is 0 Å². The normalized spacial score (nSPS) is 31.0. The van der Waals surface area contributed by atoms with Crippen molar-refractivity contribution >= 4 is 52.8 Å². The van der Waals surface area contributed by atoms with E-state index < -0.39 is 76.8 Å². The van der Waals surface area contributed by atoms with Crippen molar-refractivity contribution in [2.45, 2.75) is 117 Å². The highest BCUT2D eigenvalue weighted by Gasteiger charge is 2.80. The second kappa shape index (κ2) is 24.8. The number of ether oxygens (including phenoxy) is 6. The van der Waals surface area contributed by atoms with Gasteiger partial charge in [0.15, 0.2) is 29.1 Å². The van der Waals surface area contributed by atoms with E-state index in [4.69, 9.17) is 38.0 Å². The fourth-order valence-corrected chi connectivity index (χ4v) is 12.5. The number of carbonyl (C=O) groups excluding carboxylic acids is 6. The fraction of sp³-hybridized carbons (Fsp3) is 0.596. The standard InChI is InChI=1S/C51H64F2O12S2.CO2/c1-32(66-4)43(57)9-6-17-60-19-21-62-23-24-63-22-20-61-18-15-36(56)25-33-7-5-8-38(26-33)67-37-12-10-34(11-13-37)47-64-46-29-39-40-28-42(52)41-27-35(55)14-16-48(41,2)50(40,53)44(58)30-49(39,3)51(46,65-47)45(59)31-54;2-1-3/h5,7-8,10-14,16,26-27,32,39-40,42,44,46-47,54,58H,6,9,15,17-25,28-31H2,1-4H3;/t32?,39-,40-,42-,44-,46+,47+,48-,49-,50-,51+;/m0./s1. The number of carbonyl (C=O) groups is 4. The molecule has 7 rings (SSSR count). The summed E-state index contributed by atoms with van der Waals surface area (Å²) in [6.07, 6.45) is 2.24. The topological polar surface area (TPSA) is 198 Å². The van der Waals surface area contributed by atoms with Crippen molar-refractivity contribution in [3.8, 4) is 0 Å². The zero-order chi connectivity index (χ0) is 50.7. The summed E-state index contributed by atoms with van der Waals surface area (Å²) in [6, 6.07) is 15.2. The van der Waals surface area contributed by atoms with Gasteiger partial charge in [0.1, 0.15) is 24.3 Å². The Labute approximate surface area is 415 Å². The van der Waals surface area contributed by atoms with E-state index in [-0.39, 0.29) is 60.6 Å². The number of halogens is 2.